The number of benzene rings is 2. The molecule has 0 saturated carbocycles. The molecule has 4 nitrogen and oxygen atoms in total. The molecule has 0 aliphatic carbocycles. The lowest BCUT2D eigenvalue weighted by Crippen LogP contribution is -2.23. The number of para-hydroxylation sites is 2. The summed E-state index contributed by atoms with van der Waals surface area (Å²) in [4.78, 5) is 7.89. The molecule has 1 aromatic heterocycles. The first-order chi connectivity index (χ1) is 9.76. The number of nitrogens with one attached hydrogen (secondary N) is 3. The largest absolute Gasteiger partial charge is 0.366 e. The Balaban J connectivity index is 1.88. The van der Waals surface area contributed by atoms with Crippen LogP contribution < -0.4 is 10.6 Å². The summed E-state index contributed by atoms with van der Waals surface area (Å²) in [7, 11) is 1.79. The molecule has 0 spiro atoms. The number of H-pyrrole nitrogens is 1. The Morgan fingerprint density at radius 1 is 1.10 bits per heavy atom. The standard InChI is InChI=1S/C15H14N4S/c1-16-15(20)17-11-8-6-10(7-9-11)14-18-12-4-2-3-5-13(12)19-14/h2-9H,1H3,(H,18,19)(H2,16,17,20). The highest BCUT2D eigenvalue weighted by Gasteiger charge is 2.04. The van der Waals surface area contributed by atoms with E-state index in [9.17, 15) is 0 Å². The number of rotatable bonds is 2. The molecule has 0 unspecified atom stereocenters. The Bertz CT molecular complexity index is 713. The topological polar surface area (TPSA) is 52.7 Å². The Hall–Kier alpha value is -2.40. The summed E-state index contributed by atoms with van der Waals surface area (Å²) in [6, 6.07) is 16.0. The third-order valence-electron chi connectivity index (χ3n) is 3.03. The van der Waals surface area contributed by atoms with Crippen LogP contribution in [-0.2, 0) is 0 Å². The molecule has 3 N–H and O–H groups in total. The minimum atomic E-state index is 0.599. The molecular weight excluding hydrogens is 268 g/mol. The normalized spacial score (nSPS) is 10.4. The van der Waals surface area contributed by atoms with Crippen molar-refractivity contribution in [2.45, 2.75) is 0 Å². The van der Waals surface area contributed by atoms with Crippen LogP contribution in [0.25, 0.3) is 22.4 Å². The fraction of sp³-hybridized carbons (Fsp3) is 0.0667. The fourth-order valence-corrected chi connectivity index (χ4v) is 2.11. The van der Waals surface area contributed by atoms with Gasteiger partial charge in [-0.25, -0.2) is 4.98 Å². The molecule has 0 aliphatic rings. The van der Waals surface area contributed by atoms with Crippen LogP contribution in [0.4, 0.5) is 5.69 Å². The molecule has 1 heterocycles. The monoisotopic (exact) mass is 282 g/mol. The van der Waals surface area contributed by atoms with E-state index in [1.165, 1.54) is 0 Å². The van der Waals surface area contributed by atoms with E-state index < -0.39 is 0 Å². The van der Waals surface area contributed by atoms with Gasteiger partial charge in [0, 0.05) is 18.3 Å². The number of hydrogen-bond donors (Lipinski definition) is 3. The minimum Gasteiger partial charge on any atom is -0.366 e. The summed E-state index contributed by atoms with van der Waals surface area (Å²) in [5.41, 5.74) is 4.01. The number of aromatic amines is 1. The second-order valence-corrected chi connectivity index (χ2v) is 4.79. The molecule has 0 aliphatic heterocycles. The predicted molar refractivity (Wildman–Crippen MR) is 86.8 cm³/mol. The van der Waals surface area contributed by atoms with Gasteiger partial charge >= 0.3 is 0 Å². The Morgan fingerprint density at radius 2 is 1.85 bits per heavy atom. The fourth-order valence-electron chi connectivity index (χ4n) is 1.99. The number of imidazole rings is 1. The lowest BCUT2D eigenvalue weighted by molar-refractivity contribution is 1.20. The van der Waals surface area contributed by atoms with Gasteiger partial charge in [0.25, 0.3) is 0 Å². The molecule has 0 bridgehead atoms. The van der Waals surface area contributed by atoms with Gasteiger partial charge in [-0.05, 0) is 48.6 Å². The molecule has 3 rings (SSSR count). The highest BCUT2D eigenvalue weighted by molar-refractivity contribution is 7.80. The summed E-state index contributed by atoms with van der Waals surface area (Å²) >= 11 is 5.07. The molecule has 20 heavy (non-hydrogen) atoms. The van der Waals surface area contributed by atoms with Crippen LogP contribution in [0, 0.1) is 0 Å². The maximum Gasteiger partial charge on any atom is 0.170 e. The van der Waals surface area contributed by atoms with Gasteiger partial charge < -0.3 is 15.6 Å². The van der Waals surface area contributed by atoms with Gasteiger partial charge in [0.05, 0.1) is 11.0 Å². The van der Waals surface area contributed by atoms with E-state index >= 15 is 0 Å². The lowest BCUT2D eigenvalue weighted by Gasteiger charge is -2.07. The first-order valence-electron chi connectivity index (χ1n) is 6.30. The zero-order chi connectivity index (χ0) is 13.9. The first kappa shape index (κ1) is 12.6. The van der Waals surface area contributed by atoms with Gasteiger partial charge in [0.2, 0.25) is 0 Å². The van der Waals surface area contributed by atoms with Crippen molar-refractivity contribution >= 4 is 34.1 Å². The van der Waals surface area contributed by atoms with Crippen molar-refractivity contribution in [2.75, 3.05) is 12.4 Å². The predicted octanol–water partition coefficient (Wildman–Crippen LogP) is 3.15. The van der Waals surface area contributed by atoms with Crippen molar-refractivity contribution in [1.82, 2.24) is 15.3 Å². The summed E-state index contributed by atoms with van der Waals surface area (Å²) in [6.07, 6.45) is 0. The minimum absolute atomic E-state index is 0.599. The van der Waals surface area contributed by atoms with E-state index in [2.05, 4.69) is 20.6 Å². The van der Waals surface area contributed by atoms with Gasteiger partial charge in [-0.2, -0.15) is 0 Å². The molecule has 2 aromatic carbocycles. The van der Waals surface area contributed by atoms with Crippen LogP contribution in [0.5, 0.6) is 0 Å². The maximum absolute atomic E-state index is 5.07. The van der Waals surface area contributed by atoms with E-state index in [1.54, 1.807) is 7.05 Å². The van der Waals surface area contributed by atoms with Crippen molar-refractivity contribution in [3.05, 3.63) is 48.5 Å². The summed E-state index contributed by atoms with van der Waals surface area (Å²) < 4.78 is 0. The number of hydrogen-bond acceptors (Lipinski definition) is 2. The molecule has 100 valence electrons. The molecular formula is C15H14N4S. The third kappa shape index (κ3) is 2.48. The van der Waals surface area contributed by atoms with Crippen LogP contribution in [0.15, 0.2) is 48.5 Å². The molecule has 0 saturated heterocycles. The molecule has 0 radical (unpaired) electrons. The van der Waals surface area contributed by atoms with Gasteiger partial charge in [-0.15, -0.1) is 0 Å². The van der Waals surface area contributed by atoms with Gasteiger partial charge in [0.1, 0.15) is 5.82 Å². The second-order valence-electron chi connectivity index (χ2n) is 4.38. The molecule has 0 fully saturated rings. The van der Waals surface area contributed by atoms with Crippen LogP contribution >= 0.6 is 12.2 Å². The number of anilines is 1. The first-order valence-corrected chi connectivity index (χ1v) is 6.71. The SMILES string of the molecule is CNC(=S)Nc1ccc(-c2nc3ccccc3[nH]2)cc1. The number of thiocarbonyl (C=S) groups is 1. The molecule has 0 atom stereocenters. The molecule has 5 heteroatoms. The Kier molecular flexibility index (Phi) is 3.35. The van der Waals surface area contributed by atoms with Crippen LogP contribution in [0.2, 0.25) is 0 Å². The van der Waals surface area contributed by atoms with Gasteiger partial charge in [-0.3, -0.25) is 0 Å². The average Bonchev–Trinajstić information content (AvgIpc) is 2.91. The van der Waals surface area contributed by atoms with Gasteiger partial charge in [-0.1, -0.05) is 12.1 Å². The van der Waals surface area contributed by atoms with Crippen molar-refractivity contribution < 1.29 is 0 Å². The Labute approximate surface area is 122 Å². The quantitative estimate of drug-likeness (QED) is 0.632. The highest BCUT2D eigenvalue weighted by atomic mass is 32.1. The number of nitrogens with zero attached hydrogens (tertiary/aromatic N) is 1. The van der Waals surface area contributed by atoms with E-state index in [0.29, 0.717) is 5.11 Å². The summed E-state index contributed by atoms with van der Waals surface area (Å²) in [5.74, 6) is 0.869. The lowest BCUT2D eigenvalue weighted by atomic mass is 10.2. The zero-order valence-corrected chi connectivity index (χ0v) is 11.8. The average molecular weight is 282 g/mol. The van der Waals surface area contributed by atoms with Crippen LogP contribution in [-0.4, -0.2) is 22.1 Å². The van der Waals surface area contributed by atoms with E-state index in [1.807, 2.05) is 48.5 Å². The number of aromatic nitrogens is 2. The second kappa shape index (κ2) is 5.30. The summed E-state index contributed by atoms with van der Waals surface area (Å²) in [5, 5.41) is 6.56. The van der Waals surface area contributed by atoms with Crippen LogP contribution in [0.3, 0.4) is 0 Å². The van der Waals surface area contributed by atoms with Crippen molar-refractivity contribution in [3.63, 3.8) is 0 Å². The molecule has 0 amide bonds. The van der Waals surface area contributed by atoms with E-state index in [-0.39, 0.29) is 0 Å². The molecule has 3 aromatic rings. The number of fused-ring (bicyclic) bond motifs is 1. The smallest absolute Gasteiger partial charge is 0.170 e. The van der Waals surface area contributed by atoms with Gasteiger partial charge in [0.15, 0.2) is 5.11 Å². The maximum atomic E-state index is 5.07. The summed E-state index contributed by atoms with van der Waals surface area (Å²) in [6.45, 7) is 0. The third-order valence-corrected chi connectivity index (χ3v) is 3.34. The van der Waals surface area contributed by atoms with E-state index in [0.717, 1.165) is 28.1 Å². The Morgan fingerprint density at radius 3 is 2.55 bits per heavy atom. The zero-order valence-electron chi connectivity index (χ0n) is 11.0. The van der Waals surface area contributed by atoms with Crippen molar-refractivity contribution in [3.8, 4) is 11.4 Å². The van der Waals surface area contributed by atoms with Crippen molar-refractivity contribution in [1.29, 1.82) is 0 Å². The van der Waals surface area contributed by atoms with Crippen LogP contribution in [0.1, 0.15) is 0 Å². The van der Waals surface area contributed by atoms with Crippen molar-refractivity contribution in [2.24, 2.45) is 0 Å². The van der Waals surface area contributed by atoms with E-state index in [4.69, 9.17) is 12.2 Å². The highest BCUT2D eigenvalue weighted by Crippen LogP contribution is 2.21.